The maximum atomic E-state index is 13.5. The summed E-state index contributed by atoms with van der Waals surface area (Å²) in [5.74, 6) is 1.33. The van der Waals surface area contributed by atoms with E-state index in [0.717, 1.165) is 35.3 Å². The second-order valence-electron chi connectivity index (χ2n) is 7.52. The van der Waals surface area contributed by atoms with E-state index in [1.807, 2.05) is 28.8 Å². The zero-order chi connectivity index (χ0) is 20.9. The molecule has 1 aliphatic rings. The second-order valence-corrected chi connectivity index (χ2v) is 8.47. The van der Waals surface area contributed by atoms with Crippen molar-refractivity contribution in [3.8, 4) is 11.8 Å². The molecular weight excluding hydrogens is 397 g/mol. The van der Waals surface area contributed by atoms with E-state index in [1.165, 1.54) is 31.4 Å². The van der Waals surface area contributed by atoms with Crippen LogP contribution in [0, 0.1) is 17.1 Å². The number of hydrogen-bond acceptors (Lipinski definition) is 5. The van der Waals surface area contributed by atoms with Crippen LogP contribution in [0.1, 0.15) is 49.2 Å². The third kappa shape index (κ3) is 4.55. The molecule has 1 atom stereocenters. The van der Waals surface area contributed by atoms with E-state index < -0.39 is 0 Å². The molecule has 1 unspecified atom stereocenters. The Balaban J connectivity index is 1.62. The van der Waals surface area contributed by atoms with Gasteiger partial charge in [0.05, 0.1) is 17.7 Å². The van der Waals surface area contributed by atoms with Gasteiger partial charge in [0, 0.05) is 11.4 Å². The van der Waals surface area contributed by atoms with Crippen molar-refractivity contribution in [3.63, 3.8) is 0 Å². The van der Waals surface area contributed by atoms with Crippen molar-refractivity contribution in [2.75, 3.05) is 13.1 Å². The summed E-state index contributed by atoms with van der Waals surface area (Å²) in [5.41, 5.74) is 2.62. The molecule has 1 aromatic heterocycles. The van der Waals surface area contributed by atoms with Gasteiger partial charge in [0.15, 0.2) is 11.0 Å². The Morgan fingerprint density at radius 2 is 1.73 bits per heavy atom. The van der Waals surface area contributed by atoms with Crippen LogP contribution in [0.15, 0.2) is 53.7 Å². The fraction of sp³-hybridized carbons (Fsp3) is 0.348. The molecule has 0 saturated carbocycles. The fourth-order valence-electron chi connectivity index (χ4n) is 3.77. The molecule has 7 heteroatoms. The normalized spacial score (nSPS) is 15.6. The molecule has 3 aromatic rings. The van der Waals surface area contributed by atoms with E-state index in [2.05, 4.69) is 28.1 Å². The molecule has 154 valence electrons. The average molecular weight is 422 g/mol. The quantitative estimate of drug-likeness (QED) is 0.517. The highest BCUT2D eigenvalue weighted by molar-refractivity contribution is 7.98. The molecule has 0 radical (unpaired) electrons. The summed E-state index contributed by atoms with van der Waals surface area (Å²) < 4.78 is 15.6. The zero-order valence-electron chi connectivity index (χ0n) is 17.0. The first kappa shape index (κ1) is 20.6. The highest BCUT2D eigenvalue weighted by Crippen LogP contribution is 2.30. The molecule has 0 amide bonds. The van der Waals surface area contributed by atoms with Crippen molar-refractivity contribution in [2.24, 2.45) is 0 Å². The van der Waals surface area contributed by atoms with Crippen LogP contribution in [-0.2, 0) is 5.75 Å². The number of benzene rings is 2. The molecule has 5 nitrogen and oxygen atoms in total. The molecule has 30 heavy (non-hydrogen) atoms. The summed E-state index contributed by atoms with van der Waals surface area (Å²) >= 11 is 1.59. The first-order valence-corrected chi connectivity index (χ1v) is 11.2. The Kier molecular flexibility index (Phi) is 6.46. The molecule has 1 saturated heterocycles. The highest BCUT2D eigenvalue weighted by Gasteiger charge is 2.25. The summed E-state index contributed by atoms with van der Waals surface area (Å²) in [7, 11) is 0. The van der Waals surface area contributed by atoms with Gasteiger partial charge in [-0.05, 0) is 74.8 Å². The van der Waals surface area contributed by atoms with Gasteiger partial charge in [-0.2, -0.15) is 5.26 Å². The largest absolute Gasteiger partial charge is 0.294 e. The van der Waals surface area contributed by atoms with Crippen molar-refractivity contribution in [3.05, 3.63) is 71.3 Å². The minimum absolute atomic E-state index is 0.132. The van der Waals surface area contributed by atoms with Crippen molar-refractivity contribution < 1.29 is 4.39 Å². The van der Waals surface area contributed by atoms with Gasteiger partial charge >= 0.3 is 0 Å². The van der Waals surface area contributed by atoms with Crippen LogP contribution in [0.3, 0.4) is 0 Å². The van der Waals surface area contributed by atoms with Gasteiger partial charge in [0.2, 0.25) is 0 Å². The summed E-state index contributed by atoms with van der Waals surface area (Å²) in [5, 5.41) is 18.8. The van der Waals surface area contributed by atoms with Gasteiger partial charge in [0.1, 0.15) is 5.82 Å². The van der Waals surface area contributed by atoms with E-state index in [1.54, 1.807) is 23.9 Å². The third-order valence-corrected chi connectivity index (χ3v) is 6.51. The van der Waals surface area contributed by atoms with E-state index in [0.29, 0.717) is 11.3 Å². The first-order chi connectivity index (χ1) is 14.7. The molecule has 2 heterocycles. The molecule has 1 aliphatic heterocycles. The Morgan fingerprint density at radius 3 is 2.40 bits per heavy atom. The number of thioether (sulfide) groups is 1. The van der Waals surface area contributed by atoms with Crippen LogP contribution in [0.5, 0.6) is 0 Å². The molecule has 4 rings (SSSR count). The topological polar surface area (TPSA) is 57.7 Å². The monoisotopic (exact) mass is 421 g/mol. The SMILES string of the molecule is CC(c1nnc(SCc2ccc(C#N)cc2)n1-c1ccc(F)cc1)N1CCCCC1. The van der Waals surface area contributed by atoms with Crippen LogP contribution in [0.2, 0.25) is 0 Å². The predicted molar refractivity (Wildman–Crippen MR) is 116 cm³/mol. The Bertz CT molecular complexity index is 1020. The van der Waals surface area contributed by atoms with E-state index in [9.17, 15) is 4.39 Å². The van der Waals surface area contributed by atoms with Crippen LogP contribution in [-0.4, -0.2) is 32.8 Å². The fourth-order valence-corrected chi connectivity index (χ4v) is 4.69. The Labute approximate surface area is 180 Å². The summed E-state index contributed by atoms with van der Waals surface area (Å²) in [6.45, 7) is 4.29. The lowest BCUT2D eigenvalue weighted by Crippen LogP contribution is -2.33. The number of piperidine rings is 1. The van der Waals surface area contributed by atoms with Crippen molar-refractivity contribution in [1.82, 2.24) is 19.7 Å². The zero-order valence-corrected chi connectivity index (χ0v) is 17.8. The summed E-state index contributed by atoms with van der Waals surface area (Å²) in [6, 6.07) is 16.3. The molecule has 0 spiro atoms. The number of halogens is 1. The van der Waals surface area contributed by atoms with Gasteiger partial charge < -0.3 is 0 Å². The van der Waals surface area contributed by atoms with Gasteiger partial charge in [-0.15, -0.1) is 10.2 Å². The van der Waals surface area contributed by atoms with Crippen molar-refractivity contribution in [2.45, 2.75) is 43.1 Å². The van der Waals surface area contributed by atoms with E-state index in [4.69, 9.17) is 5.26 Å². The molecular formula is C23H24FN5S. The van der Waals surface area contributed by atoms with Crippen LogP contribution >= 0.6 is 11.8 Å². The number of aromatic nitrogens is 3. The van der Waals surface area contributed by atoms with E-state index in [-0.39, 0.29) is 11.9 Å². The Hall–Kier alpha value is -2.69. The molecule has 0 N–H and O–H groups in total. The number of nitrogens with zero attached hydrogens (tertiary/aromatic N) is 5. The number of hydrogen-bond donors (Lipinski definition) is 0. The van der Waals surface area contributed by atoms with Crippen molar-refractivity contribution >= 4 is 11.8 Å². The maximum absolute atomic E-state index is 13.5. The predicted octanol–water partition coefficient (Wildman–Crippen LogP) is 5.12. The third-order valence-electron chi connectivity index (χ3n) is 5.51. The summed E-state index contributed by atoms with van der Waals surface area (Å²) in [4.78, 5) is 2.45. The number of likely N-dealkylation sites (tertiary alicyclic amines) is 1. The first-order valence-electron chi connectivity index (χ1n) is 10.2. The Morgan fingerprint density at radius 1 is 1.03 bits per heavy atom. The minimum Gasteiger partial charge on any atom is -0.294 e. The standard InChI is InChI=1S/C23H24FN5S/c1-17(28-13-3-2-4-14-28)22-26-27-23(29(22)21-11-9-20(24)10-12-21)30-16-19-7-5-18(15-25)6-8-19/h5-12,17H,2-4,13-14,16H2,1H3. The highest BCUT2D eigenvalue weighted by atomic mass is 32.2. The van der Waals surface area contributed by atoms with Crippen LogP contribution < -0.4 is 0 Å². The molecule has 0 bridgehead atoms. The van der Waals surface area contributed by atoms with Crippen LogP contribution in [0.25, 0.3) is 5.69 Å². The smallest absolute Gasteiger partial charge is 0.196 e. The van der Waals surface area contributed by atoms with Gasteiger partial charge in [0.25, 0.3) is 0 Å². The van der Waals surface area contributed by atoms with Gasteiger partial charge in [-0.3, -0.25) is 9.47 Å². The van der Waals surface area contributed by atoms with Gasteiger partial charge in [-0.25, -0.2) is 4.39 Å². The second kappa shape index (κ2) is 9.41. The lowest BCUT2D eigenvalue weighted by atomic mass is 10.1. The molecule has 2 aromatic carbocycles. The lowest BCUT2D eigenvalue weighted by molar-refractivity contribution is 0.167. The maximum Gasteiger partial charge on any atom is 0.196 e. The number of rotatable bonds is 6. The summed E-state index contributed by atoms with van der Waals surface area (Å²) in [6.07, 6.45) is 3.68. The van der Waals surface area contributed by atoms with Gasteiger partial charge in [-0.1, -0.05) is 30.3 Å². The minimum atomic E-state index is -0.260. The van der Waals surface area contributed by atoms with Crippen molar-refractivity contribution in [1.29, 1.82) is 5.26 Å². The molecule has 0 aliphatic carbocycles. The number of nitriles is 1. The van der Waals surface area contributed by atoms with Crippen LogP contribution in [0.4, 0.5) is 4.39 Å². The van der Waals surface area contributed by atoms with E-state index >= 15 is 0 Å². The lowest BCUT2D eigenvalue weighted by Gasteiger charge is -2.31. The average Bonchev–Trinajstić information content (AvgIpc) is 3.22. The molecule has 1 fully saturated rings.